The SMILES string of the molecule is CN1CCC[C@@H]1c1cc2cnc(NC(=O)c3ccc(OC4CCNCC4)cc3)cc2[nH]1. The van der Waals surface area contributed by atoms with Gasteiger partial charge in [-0.15, -0.1) is 0 Å². The summed E-state index contributed by atoms with van der Waals surface area (Å²) in [6, 6.07) is 11.8. The van der Waals surface area contributed by atoms with Gasteiger partial charge < -0.3 is 20.4 Å². The molecule has 7 heteroatoms. The number of pyridine rings is 1. The molecule has 2 saturated heterocycles. The molecule has 31 heavy (non-hydrogen) atoms. The molecule has 1 amide bonds. The molecule has 0 saturated carbocycles. The van der Waals surface area contributed by atoms with E-state index in [1.165, 1.54) is 12.1 Å². The Morgan fingerprint density at radius 1 is 1.16 bits per heavy atom. The number of carbonyl (C=O) groups excluding carboxylic acids is 1. The van der Waals surface area contributed by atoms with Crippen molar-refractivity contribution in [2.24, 2.45) is 0 Å². The molecule has 2 aliphatic heterocycles. The van der Waals surface area contributed by atoms with Crippen molar-refractivity contribution in [1.29, 1.82) is 0 Å². The fourth-order valence-corrected chi connectivity index (χ4v) is 4.58. The van der Waals surface area contributed by atoms with Crippen molar-refractivity contribution in [1.82, 2.24) is 20.2 Å². The summed E-state index contributed by atoms with van der Waals surface area (Å²) in [5, 5.41) is 7.30. The third-order valence-corrected chi connectivity index (χ3v) is 6.35. The average molecular weight is 420 g/mol. The Morgan fingerprint density at radius 2 is 1.97 bits per heavy atom. The molecule has 0 unspecified atom stereocenters. The zero-order valence-electron chi connectivity index (χ0n) is 17.9. The summed E-state index contributed by atoms with van der Waals surface area (Å²) in [5.74, 6) is 1.17. The molecule has 0 spiro atoms. The highest BCUT2D eigenvalue weighted by Gasteiger charge is 2.24. The van der Waals surface area contributed by atoms with Crippen LogP contribution < -0.4 is 15.4 Å². The lowest BCUT2D eigenvalue weighted by Crippen LogP contribution is -2.34. The van der Waals surface area contributed by atoms with Crippen LogP contribution in [0.1, 0.15) is 47.8 Å². The number of hydrogen-bond acceptors (Lipinski definition) is 5. The van der Waals surface area contributed by atoms with Crippen LogP contribution in [0, 0.1) is 0 Å². The van der Waals surface area contributed by atoms with E-state index in [9.17, 15) is 4.79 Å². The molecule has 3 aromatic rings. The van der Waals surface area contributed by atoms with Crippen LogP contribution >= 0.6 is 0 Å². The van der Waals surface area contributed by atoms with Gasteiger partial charge in [-0.2, -0.15) is 0 Å². The van der Waals surface area contributed by atoms with Gasteiger partial charge in [0.1, 0.15) is 17.7 Å². The number of aromatic amines is 1. The van der Waals surface area contributed by atoms with E-state index in [0.717, 1.165) is 55.5 Å². The highest BCUT2D eigenvalue weighted by atomic mass is 16.5. The summed E-state index contributed by atoms with van der Waals surface area (Å²) < 4.78 is 6.02. The predicted octanol–water partition coefficient (Wildman–Crippen LogP) is 3.71. The van der Waals surface area contributed by atoms with E-state index >= 15 is 0 Å². The number of piperidine rings is 1. The Hall–Kier alpha value is -2.90. The van der Waals surface area contributed by atoms with Crippen molar-refractivity contribution in [2.45, 2.75) is 37.8 Å². The number of nitrogens with zero attached hydrogens (tertiary/aromatic N) is 2. The number of hydrogen-bond donors (Lipinski definition) is 3. The molecule has 0 bridgehead atoms. The predicted molar refractivity (Wildman–Crippen MR) is 122 cm³/mol. The lowest BCUT2D eigenvalue weighted by Gasteiger charge is -2.23. The van der Waals surface area contributed by atoms with Gasteiger partial charge in [-0.1, -0.05) is 0 Å². The maximum Gasteiger partial charge on any atom is 0.256 e. The molecule has 4 heterocycles. The topological polar surface area (TPSA) is 82.3 Å². The maximum atomic E-state index is 12.7. The number of ether oxygens (including phenoxy) is 1. The monoisotopic (exact) mass is 419 g/mol. The van der Waals surface area contributed by atoms with Crippen LogP contribution in [0.4, 0.5) is 5.82 Å². The van der Waals surface area contributed by atoms with Gasteiger partial charge in [0.2, 0.25) is 0 Å². The summed E-state index contributed by atoms with van der Waals surface area (Å²) in [5.41, 5.74) is 2.79. The summed E-state index contributed by atoms with van der Waals surface area (Å²) in [7, 11) is 2.16. The number of anilines is 1. The molecule has 0 aliphatic carbocycles. The minimum Gasteiger partial charge on any atom is -0.490 e. The van der Waals surface area contributed by atoms with Crippen molar-refractivity contribution >= 4 is 22.6 Å². The van der Waals surface area contributed by atoms with Gasteiger partial charge in [0.25, 0.3) is 5.91 Å². The second-order valence-corrected chi connectivity index (χ2v) is 8.57. The van der Waals surface area contributed by atoms with Crippen LogP contribution in [0.5, 0.6) is 5.75 Å². The van der Waals surface area contributed by atoms with Crippen molar-refractivity contribution in [2.75, 3.05) is 32.0 Å². The number of likely N-dealkylation sites (tertiary alicyclic amines) is 1. The van der Waals surface area contributed by atoms with Gasteiger partial charge in [-0.3, -0.25) is 9.69 Å². The Labute approximate surface area is 182 Å². The van der Waals surface area contributed by atoms with Gasteiger partial charge in [-0.25, -0.2) is 4.98 Å². The molecule has 2 fully saturated rings. The van der Waals surface area contributed by atoms with Crippen LogP contribution in [0.2, 0.25) is 0 Å². The smallest absolute Gasteiger partial charge is 0.256 e. The lowest BCUT2D eigenvalue weighted by atomic mass is 10.1. The Morgan fingerprint density at radius 3 is 2.71 bits per heavy atom. The zero-order valence-corrected chi connectivity index (χ0v) is 17.9. The number of fused-ring (bicyclic) bond motifs is 1. The van der Waals surface area contributed by atoms with Gasteiger partial charge in [0.15, 0.2) is 0 Å². The van der Waals surface area contributed by atoms with E-state index in [-0.39, 0.29) is 12.0 Å². The molecule has 1 aromatic carbocycles. The molecule has 0 radical (unpaired) electrons. The summed E-state index contributed by atoms with van der Waals surface area (Å²) in [4.78, 5) is 23.0. The van der Waals surface area contributed by atoms with Gasteiger partial charge in [0, 0.05) is 34.9 Å². The first-order valence-electron chi connectivity index (χ1n) is 11.1. The van der Waals surface area contributed by atoms with E-state index in [1.54, 1.807) is 12.1 Å². The second kappa shape index (κ2) is 8.69. The Bertz CT molecular complexity index is 1060. The number of H-pyrrole nitrogens is 1. The molecular formula is C24H29N5O2. The second-order valence-electron chi connectivity index (χ2n) is 8.57. The number of benzene rings is 1. The summed E-state index contributed by atoms with van der Waals surface area (Å²) in [6.07, 6.45) is 6.46. The van der Waals surface area contributed by atoms with Crippen molar-refractivity contribution in [3.05, 3.63) is 53.9 Å². The van der Waals surface area contributed by atoms with Crippen LogP contribution in [0.3, 0.4) is 0 Å². The maximum absolute atomic E-state index is 12.7. The number of aromatic nitrogens is 2. The van der Waals surface area contributed by atoms with E-state index in [2.05, 4.69) is 38.6 Å². The molecule has 2 aromatic heterocycles. The van der Waals surface area contributed by atoms with Gasteiger partial charge in [-0.05, 0) is 82.7 Å². The lowest BCUT2D eigenvalue weighted by molar-refractivity contribution is 0.102. The van der Waals surface area contributed by atoms with E-state index in [4.69, 9.17) is 4.74 Å². The minimum atomic E-state index is -0.178. The molecule has 2 aliphatic rings. The number of rotatable bonds is 5. The summed E-state index contributed by atoms with van der Waals surface area (Å²) >= 11 is 0. The zero-order chi connectivity index (χ0) is 21.2. The van der Waals surface area contributed by atoms with Crippen molar-refractivity contribution < 1.29 is 9.53 Å². The number of carbonyl (C=O) groups is 1. The summed E-state index contributed by atoms with van der Waals surface area (Å²) in [6.45, 7) is 3.10. The molecule has 1 atom stereocenters. The Balaban J connectivity index is 1.25. The fourth-order valence-electron chi connectivity index (χ4n) is 4.58. The highest BCUT2D eigenvalue weighted by molar-refractivity contribution is 6.04. The molecule has 162 valence electrons. The Kier molecular flexibility index (Phi) is 5.61. The van der Waals surface area contributed by atoms with Crippen LogP contribution in [-0.2, 0) is 0 Å². The van der Waals surface area contributed by atoms with E-state index in [1.807, 2.05) is 24.4 Å². The van der Waals surface area contributed by atoms with E-state index < -0.39 is 0 Å². The largest absolute Gasteiger partial charge is 0.490 e. The average Bonchev–Trinajstić information content (AvgIpc) is 3.40. The molecule has 3 N–H and O–H groups in total. The van der Waals surface area contributed by atoms with Crippen LogP contribution in [-0.4, -0.2) is 53.6 Å². The highest BCUT2D eigenvalue weighted by Crippen LogP contribution is 2.32. The minimum absolute atomic E-state index is 0.178. The standard InChI is InChI=1S/C24H29N5O2/c1-29-12-2-3-22(29)21-13-17-15-26-23(14-20(17)27-21)28-24(30)16-4-6-18(7-5-16)31-19-8-10-25-11-9-19/h4-7,13-15,19,22,25,27H,2-3,8-12H2,1H3,(H,26,28,30)/t22-/m1/s1. The number of amides is 1. The van der Waals surface area contributed by atoms with Gasteiger partial charge >= 0.3 is 0 Å². The first kappa shape index (κ1) is 20.0. The molecular weight excluding hydrogens is 390 g/mol. The van der Waals surface area contributed by atoms with Crippen LogP contribution in [0.15, 0.2) is 42.6 Å². The quantitative estimate of drug-likeness (QED) is 0.587. The molecule has 7 nitrogen and oxygen atoms in total. The first-order chi connectivity index (χ1) is 15.2. The number of nitrogens with one attached hydrogen (secondary N) is 3. The first-order valence-corrected chi connectivity index (χ1v) is 11.1. The molecule has 5 rings (SSSR count). The normalized spacial score (nSPS) is 20.2. The third-order valence-electron chi connectivity index (χ3n) is 6.35. The van der Waals surface area contributed by atoms with E-state index in [0.29, 0.717) is 17.4 Å². The fraction of sp³-hybridized carbons (Fsp3) is 0.417. The third kappa shape index (κ3) is 4.43. The van der Waals surface area contributed by atoms with Crippen LogP contribution in [0.25, 0.3) is 10.9 Å². The van der Waals surface area contributed by atoms with Crippen molar-refractivity contribution in [3.63, 3.8) is 0 Å². The van der Waals surface area contributed by atoms with Gasteiger partial charge in [0.05, 0.1) is 5.52 Å². The van der Waals surface area contributed by atoms with Crippen molar-refractivity contribution in [3.8, 4) is 5.75 Å².